The first-order valence-electron chi connectivity index (χ1n) is 8.64. The van der Waals surface area contributed by atoms with Crippen molar-refractivity contribution in [2.75, 3.05) is 13.1 Å². The number of hydrogen-bond donors (Lipinski definition) is 1. The summed E-state index contributed by atoms with van der Waals surface area (Å²) in [5.74, 6) is -0.598. The predicted molar refractivity (Wildman–Crippen MR) is 95.1 cm³/mol. The van der Waals surface area contributed by atoms with Crippen LogP contribution in [0.3, 0.4) is 0 Å². The maximum absolute atomic E-state index is 12.9. The van der Waals surface area contributed by atoms with Gasteiger partial charge in [-0.15, -0.1) is 0 Å². The van der Waals surface area contributed by atoms with E-state index in [-0.39, 0.29) is 30.5 Å². The van der Waals surface area contributed by atoms with E-state index < -0.39 is 0 Å². The lowest BCUT2D eigenvalue weighted by molar-refractivity contribution is 0.0809. The molecule has 5 nitrogen and oxygen atoms in total. The summed E-state index contributed by atoms with van der Waals surface area (Å²) in [6.07, 6.45) is 0.984. The average molecular weight is 356 g/mol. The van der Waals surface area contributed by atoms with Crippen molar-refractivity contribution >= 4 is 12.0 Å². The van der Waals surface area contributed by atoms with Gasteiger partial charge in [0.15, 0.2) is 0 Å². The molecule has 1 aliphatic heterocycles. The summed E-state index contributed by atoms with van der Waals surface area (Å²) < 4.78 is 18.2. The zero-order chi connectivity index (χ0) is 18.4. The topological polar surface area (TPSA) is 58.6 Å². The van der Waals surface area contributed by atoms with Crippen LogP contribution in [0.25, 0.3) is 0 Å². The van der Waals surface area contributed by atoms with Gasteiger partial charge in [0.25, 0.3) is 5.91 Å². The minimum Gasteiger partial charge on any atom is -0.445 e. The largest absolute Gasteiger partial charge is 0.445 e. The summed E-state index contributed by atoms with van der Waals surface area (Å²) in [5, 5.41) is 2.93. The molecule has 6 heteroatoms. The van der Waals surface area contributed by atoms with Crippen molar-refractivity contribution in [1.82, 2.24) is 10.2 Å². The van der Waals surface area contributed by atoms with Crippen LogP contribution in [0, 0.1) is 5.82 Å². The monoisotopic (exact) mass is 356 g/mol. The third-order valence-corrected chi connectivity index (χ3v) is 4.40. The number of nitrogens with zero attached hydrogens (tertiary/aromatic N) is 1. The Kier molecular flexibility index (Phi) is 5.84. The molecule has 0 saturated carbocycles. The molecule has 1 aliphatic rings. The van der Waals surface area contributed by atoms with Crippen molar-refractivity contribution in [2.24, 2.45) is 0 Å². The third-order valence-electron chi connectivity index (χ3n) is 4.40. The lowest BCUT2D eigenvalue weighted by atomic mass is 10.0. The van der Waals surface area contributed by atoms with Crippen molar-refractivity contribution in [2.45, 2.75) is 25.5 Å². The maximum Gasteiger partial charge on any atom is 0.410 e. The normalized spacial score (nSPS) is 14.7. The van der Waals surface area contributed by atoms with Crippen molar-refractivity contribution < 1.29 is 18.7 Å². The highest BCUT2D eigenvalue weighted by Gasteiger charge is 2.25. The number of benzene rings is 2. The molecular formula is C20H21FN2O3. The number of nitrogens with one attached hydrogen (secondary N) is 1. The van der Waals surface area contributed by atoms with Crippen molar-refractivity contribution in [3.63, 3.8) is 0 Å². The second-order valence-corrected chi connectivity index (χ2v) is 6.28. The van der Waals surface area contributed by atoms with Gasteiger partial charge in [-0.2, -0.15) is 0 Å². The molecule has 0 atom stereocenters. The molecule has 1 fully saturated rings. The van der Waals surface area contributed by atoms with Crippen LogP contribution in [-0.2, 0) is 11.3 Å². The minimum atomic E-state index is -0.371. The van der Waals surface area contributed by atoms with E-state index in [1.807, 2.05) is 30.3 Å². The number of halogens is 1. The zero-order valence-corrected chi connectivity index (χ0v) is 14.4. The number of ether oxygens (including phenoxy) is 1. The van der Waals surface area contributed by atoms with Gasteiger partial charge in [0.1, 0.15) is 12.4 Å². The van der Waals surface area contributed by atoms with Gasteiger partial charge in [-0.25, -0.2) is 9.18 Å². The molecular weight excluding hydrogens is 335 g/mol. The Balaban J connectivity index is 1.42. The van der Waals surface area contributed by atoms with Crippen LogP contribution < -0.4 is 5.32 Å². The highest BCUT2D eigenvalue weighted by Crippen LogP contribution is 2.13. The van der Waals surface area contributed by atoms with Crippen LogP contribution >= 0.6 is 0 Å². The molecule has 0 spiro atoms. The molecule has 3 rings (SSSR count). The first-order chi connectivity index (χ1) is 12.6. The zero-order valence-electron chi connectivity index (χ0n) is 14.4. The molecule has 26 heavy (non-hydrogen) atoms. The van der Waals surface area contributed by atoms with Crippen molar-refractivity contribution in [1.29, 1.82) is 0 Å². The van der Waals surface area contributed by atoms with Gasteiger partial charge >= 0.3 is 6.09 Å². The quantitative estimate of drug-likeness (QED) is 0.914. The molecule has 0 aliphatic carbocycles. The van der Waals surface area contributed by atoms with Gasteiger partial charge in [-0.1, -0.05) is 30.3 Å². The number of carbonyl (C=O) groups excluding carboxylic acids is 2. The first-order valence-corrected chi connectivity index (χ1v) is 8.64. The Bertz CT molecular complexity index is 741. The van der Waals surface area contributed by atoms with Crippen molar-refractivity contribution in [3.8, 4) is 0 Å². The highest BCUT2D eigenvalue weighted by molar-refractivity contribution is 5.94. The Morgan fingerprint density at radius 1 is 1.04 bits per heavy atom. The summed E-state index contributed by atoms with van der Waals surface area (Å²) in [5.41, 5.74) is 1.37. The molecule has 1 saturated heterocycles. The van der Waals surface area contributed by atoms with E-state index in [0.29, 0.717) is 31.5 Å². The van der Waals surface area contributed by atoms with Crippen LogP contribution in [0.15, 0.2) is 54.6 Å². The van der Waals surface area contributed by atoms with Gasteiger partial charge < -0.3 is 15.0 Å². The number of rotatable bonds is 4. The highest BCUT2D eigenvalue weighted by atomic mass is 19.1. The summed E-state index contributed by atoms with van der Waals surface area (Å²) in [4.78, 5) is 26.0. The SMILES string of the molecule is O=C(NC1CCN(C(=O)OCc2ccccc2)CC1)c1ccc(F)cc1. The molecule has 0 aromatic heterocycles. The lowest BCUT2D eigenvalue weighted by Crippen LogP contribution is -2.46. The molecule has 2 aromatic carbocycles. The van der Waals surface area contributed by atoms with Crippen LogP contribution in [0.2, 0.25) is 0 Å². The molecule has 0 radical (unpaired) electrons. The Morgan fingerprint density at radius 3 is 2.35 bits per heavy atom. The number of hydrogen-bond acceptors (Lipinski definition) is 3. The molecule has 136 valence electrons. The number of carbonyl (C=O) groups is 2. The Hall–Kier alpha value is -2.89. The second kappa shape index (κ2) is 8.47. The standard InChI is InChI=1S/C20H21FN2O3/c21-17-8-6-16(7-9-17)19(24)22-18-10-12-23(13-11-18)20(25)26-14-15-4-2-1-3-5-15/h1-9,18H,10-14H2,(H,22,24). The molecule has 1 N–H and O–H groups in total. The van der Waals surface area contributed by atoms with Gasteiger partial charge in [0.2, 0.25) is 0 Å². The van der Waals surface area contributed by atoms with Crippen molar-refractivity contribution in [3.05, 3.63) is 71.5 Å². The Morgan fingerprint density at radius 2 is 1.69 bits per heavy atom. The number of amides is 2. The van der Waals surface area contributed by atoms with Crippen LogP contribution in [-0.4, -0.2) is 36.0 Å². The molecule has 2 aromatic rings. The molecule has 2 amide bonds. The van der Waals surface area contributed by atoms with Gasteiger partial charge in [0, 0.05) is 24.7 Å². The van der Waals surface area contributed by atoms with Gasteiger partial charge in [-0.05, 0) is 42.7 Å². The van der Waals surface area contributed by atoms with E-state index in [1.54, 1.807) is 4.90 Å². The van der Waals surface area contributed by atoms with E-state index in [9.17, 15) is 14.0 Å². The summed E-state index contributed by atoms with van der Waals surface area (Å²) >= 11 is 0. The first kappa shape index (κ1) is 17.9. The Labute approximate surface area is 151 Å². The number of likely N-dealkylation sites (tertiary alicyclic amines) is 1. The van der Waals surface area contributed by atoms with Gasteiger partial charge in [0.05, 0.1) is 0 Å². The van der Waals surface area contributed by atoms with Gasteiger partial charge in [-0.3, -0.25) is 4.79 Å². The summed E-state index contributed by atoms with van der Waals surface area (Å²) in [6, 6.07) is 15.0. The summed E-state index contributed by atoms with van der Waals surface area (Å²) in [6.45, 7) is 1.31. The molecule has 1 heterocycles. The average Bonchev–Trinajstić information content (AvgIpc) is 2.68. The maximum atomic E-state index is 12.9. The second-order valence-electron chi connectivity index (χ2n) is 6.28. The predicted octanol–water partition coefficient (Wildman–Crippen LogP) is 3.36. The smallest absolute Gasteiger partial charge is 0.410 e. The molecule has 0 unspecified atom stereocenters. The fraction of sp³-hybridized carbons (Fsp3) is 0.300. The van der Waals surface area contributed by atoms with Crippen LogP contribution in [0.5, 0.6) is 0 Å². The van der Waals surface area contributed by atoms with E-state index in [2.05, 4.69) is 5.32 Å². The van der Waals surface area contributed by atoms with E-state index in [0.717, 1.165) is 5.56 Å². The third kappa shape index (κ3) is 4.81. The summed E-state index contributed by atoms with van der Waals surface area (Å²) in [7, 11) is 0. The molecule has 0 bridgehead atoms. The van der Waals surface area contributed by atoms with Crippen LogP contribution in [0.1, 0.15) is 28.8 Å². The number of piperidine rings is 1. The minimum absolute atomic E-state index is 0.00859. The van der Waals surface area contributed by atoms with E-state index in [4.69, 9.17) is 4.74 Å². The lowest BCUT2D eigenvalue weighted by Gasteiger charge is -2.31. The fourth-order valence-corrected chi connectivity index (χ4v) is 2.89. The fourth-order valence-electron chi connectivity index (χ4n) is 2.89. The van der Waals surface area contributed by atoms with E-state index in [1.165, 1.54) is 24.3 Å². The van der Waals surface area contributed by atoms with E-state index >= 15 is 0 Å². The van der Waals surface area contributed by atoms with Crippen LogP contribution in [0.4, 0.5) is 9.18 Å².